The van der Waals surface area contributed by atoms with E-state index in [1.165, 1.54) is 5.69 Å². The Morgan fingerprint density at radius 2 is 1.77 bits per heavy atom. The minimum absolute atomic E-state index is 0.223. The Bertz CT molecular complexity index is 998. The number of aromatic nitrogens is 2. The molecule has 0 saturated carbocycles. The standard InChI is InChI=1S/C24H28N6O/c1-18(2)27-23-22(25-16-19-6-4-3-5-7-19)17-26-24(29-23)28-20-8-10-21(11-9-20)30-12-14-31-15-13-30/h3-11,16-18H,12-15H2,1-2H3,(H2,26,27,28,29). The van der Waals surface area contributed by atoms with Gasteiger partial charge in [0.25, 0.3) is 0 Å². The van der Waals surface area contributed by atoms with E-state index >= 15 is 0 Å². The van der Waals surface area contributed by atoms with Crippen LogP contribution in [0.4, 0.5) is 28.8 Å². The van der Waals surface area contributed by atoms with Crippen LogP contribution in [0.15, 0.2) is 65.8 Å². The molecule has 1 aliphatic rings. The van der Waals surface area contributed by atoms with E-state index in [2.05, 4.69) is 56.5 Å². The van der Waals surface area contributed by atoms with Gasteiger partial charge in [-0.1, -0.05) is 30.3 Å². The number of nitrogens with zero attached hydrogens (tertiary/aromatic N) is 4. The summed E-state index contributed by atoms with van der Waals surface area (Å²) in [5, 5.41) is 6.66. The first kappa shape index (κ1) is 20.8. The molecular formula is C24H28N6O. The Hall–Kier alpha value is -3.45. The molecule has 2 N–H and O–H groups in total. The predicted octanol–water partition coefficient (Wildman–Crippen LogP) is 4.63. The van der Waals surface area contributed by atoms with Crippen LogP contribution in [-0.2, 0) is 4.74 Å². The fraction of sp³-hybridized carbons (Fsp3) is 0.292. The van der Waals surface area contributed by atoms with Crippen LogP contribution in [0.2, 0.25) is 0 Å². The van der Waals surface area contributed by atoms with Crippen LogP contribution in [0, 0.1) is 0 Å². The van der Waals surface area contributed by atoms with Gasteiger partial charge >= 0.3 is 0 Å². The van der Waals surface area contributed by atoms with Crippen LogP contribution >= 0.6 is 0 Å². The van der Waals surface area contributed by atoms with Gasteiger partial charge < -0.3 is 20.3 Å². The van der Waals surface area contributed by atoms with Crippen molar-refractivity contribution < 1.29 is 4.74 Å². The summed E-state index contributed by atoms with van der Waals surface area (Å²) < 4.78 is 5.43. The number of nitrogens with one attached hydrogen (secondary N) is 2. The lowest BCUT2D eigenvalue weighted by Gasteiger charge is -2.28. The van der Waals surface area contributed by atoms with Gasteiger partial charge in [-0.3, -0.25) is 4.99 Å². The molecule has 0 unspecified atom stereocenters. The van der Waals surface area contributed by atoms with E-state index in [1.807, 2.05) is 48.7 Å². The summed E-state index contributed by atoms with van der Waals surface area (Å²) in [6, 6.07) is 18.5. The van der Waals surface area contributed by atoms with E-state index in [0.717, 1.165) is 37.6 Å². The maximum Gasteiger partial charge on any atom is 0.229 e. The van der Waals surface area contributed by atoms with E-state index < -0.39 is 0 Å². The van der Waals surface area contributed by atoms with Crippen molar-refractivity contribution in [2.45, 2.75) is 19.9 Å². The maximum absolute atomic E-state index is 5.43. The van der Waals surface area contributed by atoms with Crippen LogP contribution in [0.25, 0.3) is 0 Å². The van der Waals surface area contributed by atoms with Gasteiger partial charge in [0.2, 0.25) is 5.95 Å². The Kier molecular flexibility index (Phi) is 6.74. The lowest BCUT2D eigenvalue weighted by atomic mass is 10.2. The monoisotopic (exact) mass is 416 g/mol. The summed E-state index contributed by atoms with van der Waals surface area (Å²) in [5.74, 6) is 1.23. The van der Waals surface area contributed by atoms with Gasteiger partial charge in [0.1, 0.15) is 5.69 Å². The Balaban J connectivity index is 1.49. The van der Waals surface area contributed by atoms with E-state index in [9.17, 15) is 0 Å². The molecule has 0 aliphatic carbocycles. The molecule has 7 heteroatoms. The molecule has 0 radical (unpaired) electrons. The molecule has 3 aromatic rings. The number of anilines is 4. The third kappa shape index (κ3) is 5.79. The van der Waals surface area contributed by atoms with Gasteiger partial charge in [-0.15, -0.1) is 0 Å². The van der Waals surface area contributed by atoms with Crippen molar-refractivity contribution in [3.05, 3.63) is 66.4 Å². The fourth-order valence-corrected chi connectivity index (χ4v) is 3.30. The summed E-state index contributed by atoms with van der Waals surface area (Å²) in [6.45, 7) is 7.54. The normalized spacial score (nSPS) is 14.2. The number of rotatable bonds is 7. The Morgan fingerprint density at radius 3 is 2.48 bits per heavy atom. The van der Waals surface area contributed by atoms with Gasteiger partial charge in [0.05, 0.1) is 19.4 Å². The first-order chi connectivity index (χ1) is 15.2. The fourth-order valence-electron chi connectivity index (χ4n) is 3.30. The zero-order chi connectivity index (χ0) is 21.5. The zero-order valence-corrected chi connectivity index (χ0v) is 18.0. The molecule has 1 aromatic heterocycles. The molecule has 0 amide bonds. The topological polar surface area (TPSA) is 74.7 Å². The van der Waals surface area contributed by atoms with Crippen LogP contribution < -0.4 is 15.5 Å². The quantitative estimate of drug-likeness (QED) is 0.547. The second-order valence-corrected chi connectivity index (χ2v) is 7.67. The minimum atomic E-state index is 0.223. The van der Waals surface area contributed by atoms with Crippen LogP contribution in [-0.4, -0.2) is 48.5 Å². The SMILES string of the molecule is CC(C)Nc1nc(Nc2ccc(N3CCOCC3)cc2)ncc1N=Cc1ccccc1. The number of ether oxygens (including phenoxy) is 1. The highest BCUT2D eigenvalue weighted by Gasteiger charge is 2.12. The summed E-state index contributed by atoms with van der Waals surface area (Å²) in [4.78, 5) is 16.0. The molecule has 4 rings (SSSR count). The summed E-state index contributed by atoms with van der Waals surface area (Å²) in [5.41, 5.74) is 3.86. The van der Waals surface area contributed by atoms with Crippen molar-refractivity contribution >= 4 is 35.0 Å². The number of hydrogen-bond donors (Lipinski definition) is 2. The summed E-state index contributed by atoms with van der Waals surface area (Å²) in [6.07, 6.45) is 3.56. The van der Waals surface area contributed by atoms with Crippen molar-refractivity contribution in [3.63, 3.8) is 0 Å². The van der Waals surface area contributed by atoms with Crippen LogP contribution in [0.5, 0.6) is 0 Å². The molecule has 160 valence electrons. The average molecular weight is 417 g/mol. The van der Waals surface area contributed by atoms with Gasteiger partial charge in [-0.2, -0.15) is 4.98 Å². The van der Waals surface area contributed by atoms with Crippen LogP contribution in [0.3, 0.4) is 0 Å². The van der Waals surface area contributed by atoms with E-state index in [0.29, 0.717) is 17.5 Å². The van der Waals surface area contributed by atoms with Crippen molar-refractivity contribution in [1.29, 1.82) is 0 Å². The highest BCUT2D eigenvalue weighted by atomic mass is 16.5. The first-order valence-corrected chi connectivity index (χ1v) is 10.6. The predicted molar refractivity (Wildman–Crippen MR) is 127 cm³/mol. The third-order valence-electron chi connectivity index (χ3n) is 4.85. The van der Waals surface area contributed by atoms with Gasteiger partial charge in [-0.25, -0.2) is 4.98 Å². The van der Waals surface area contributed by atoms with Crippen molar-refractivity contribution in [2.75, 3.05) is 41.8 Å². The smallest absolute Gasteiger partial charge is 0.229 e. The molecule has 1 saturated heterocycles. The molecule has 0 spiro atoms. The van der Waals surface area contributed by atoms with Gasteiger partial charge in [0.15, 0.2) is 5.82 Å². The lowest BCUT2D eigenvalue weighted by Crippen LogP contribution is -2.36. The van der Waals surface area contributed by atoms with Gasteiger partial charge in [0, 0.05) is 36.7 Å². The molecule has 1 fully saturated rings. The molecule has 31 heavy (non-hydrogen) atoms. The van der Waals surface area contributed by atoms with Crippen molar-refractivity contribution in [1.82, 2.24) is 9.97 Å². The second-order valence-electron chi connectivity index (χ2n) is 7.67. The number of aliphatic imine (C=N–C) groups is 1. The first-order valence-electron chi connectivity index (χ1n) is 10.6. The van der Waals surface area contributed by atoms with E-state index in [-0.39, 0.29) is 6.04 Å². The lowest BCUT2D eigenvalue weighted by molar-refractivity contribution is 0.122. The number of morpholine rings is 1. The molecule has 1 aliphatic heterocycles. The Morgan fingerprint density at radius 1 is 1.03 bits per heavy atom. The largest absolute Gasteiger partial charge is 0.378 e. The molecule has 2 aromatic carbocycles. The van der Waals surface area contributed by atoms with E-state index in [1.54, 1.807) is 6.20 Å². The number of benzene rings is 2. The van der Waals surface area contributed by atoms with Crippen LogP contribution in [0.1, 0.15) is 19.4 Å². The molecule has 0 atom stereocenters. The summed E-state index contributed by atoms with van der Waals surface area (Å²) >= 11 is 0. The van der Waals surface area contributed by atoms with Gasteiger partial charge in [-0.05, 0) is 43.7 Å². The Labute approximate surface area is 183 Å². The number of hydrogen-bond acceptors (Lipinski definition) is 7. The van der Waals surface area contributed by atoms with Crippen molar-refractivity contribution in [2.24, 2.45) is 4.99 Å². The van der Waals surface area contributed by atoms with Crippen molar-refractivity contribution in [3.8, 4) is 0 Å². The zero-order valence-electron chi connectivity index (χ0n) is 18.0. The second kappa shape index (κ2) is 10.0. The highest BCUT2D eigenvalue weighted by molar-refractivity contribution is 5.83. The minimum Gasteiger partial charge on any atom is -0.378 e. The van der Waals surface area contributed by atoms with E-state index in [4.69, 9.17) is 4.74 Å². The highest BCUT2D eigenvalue weighted by Crippen LogP contribution is 2.26. The molecular weight excluding hydrogens is 388 g/mol. The summed E-state index contributed by atoms with van der Waals surface area (Å²) in [7, 11) is 0. The third-order valence-corrected chi connectivity index (χ3v) is 4.85. The molecule has 0 bridgehead atoms. The average Bonchev–Trinajstić information content (AvgIpc) is 2.80. The molecule has 7 nitrogen and oxygen atoms in total. The molecule has 2 heterocycles. The maximum atomic E-state index is 5.43.